The van der Waals surface area contributed by atoms with Crippen LogP contribution >= 0.6 is 12.4 Å². The smallest absolute Gasteiger partial charge is 0.0541 e. The molecule has 12 heavy (non-hydrogen) atoms. The molecule has 0 radical (unpaired) electrons. The Balaban J connectivity index is 0.000000720. The Morgan fingerprint density at radius 2 is 1.83 bits per heavy atom. The summed E-state index contributed by atoms with van der Waals surface area (Å²) >= 11 is 0. The van der Waals surface area contributed by atoms with Gasteiger partial charge in [0.1, 0.15) is 0 Å². The summed E-state index contributed by atoms with van der Waals surface area (Å²) in [5.74, 6) is 0. The van der Waals surface area contributed by atoms with E-state index in [2.05, 4.69) is 5.32 Å². The molecular formula is C9H18ClNO. The van der Waals surface area contributed by atoms with Gasteiger partial charge in [0.2, 0.25) is 0 Å². The lowest BCUT2D eigenvalue weighted by molar-refractivity contribution is 0.0906. The van der Waals surface area contributed by atoms with Crippen LogP contribution in [0.5, 0.6) is 0 Å². The van der Waals surface area contributed by atoms with Crippen LogP contribution in [0.2, 0.25) is 0 Å². The molecule has 1 aliphatic carbocycles. The second-order valence-corrected chi connectivity index (χ2v) is 4.04. The van der Waals surface area contributed by atoms with Gasteiger partial charge in [-0.2, -0.15) is 0 Å². The van der Waals surface area contributed by atoms with Crippen molar-refractivity contribution < 1.29 is 5.11 Å². The third-order valence-corrected chi connectivity index (χ3v) is 3.24. The van der Waals surface area contributed by atoms with Gasteiger partial charge in [-0.1, -0.05) is 0 Å². The zero-order chi connectivity index (χ0) is 7.73. The minimum absolute atomic E-state index is 0. The molecule has 1 heterocycles. The first-order valence-corrected chi connectivity index (χ1v) is 4.74. The first kappa shape index (κ1) is 10.3. The van der Waals surface area contributed by atoms with Crippen LogP contribution in [0, 0.1) is 0 Å². The van der Waals surface area contributed by atoms with Crippen molar-refractivity contribution in [3.8, 4) is 0 Å². The van der Waals surface area contributed by atoms with Crippen molar-refractivity contribution >= 4 is 12.4 Å². The van der Waals surface area contributed by atoms with Crippen LogP contribution in [-0.4, -0.2) is 23.3 Å². The summed E-state index contributed by atoms with van der Waals surface area (Å²) in [6, 6.07) is 0. The van der Waals surface area contributed by atoms with Gasteiger partial charge < -0.3 is 10.4 Å². The predicted octanol–water partition coefficient (Wildman–Crippen LogP) is 1.47. The fraction of sp³-hybridized carbons (Fsp3) is 1.00. The summed E-state index contributed by atoms with van der Waals surface area (Å²) in [6.45, 7) is 1.19. The summed E-state index contributed by atoms with van der Waals surface area (Å²) in [4.78, 5) is 0. The molecule has 0 aromatic heterocycles. The quantitative estimate of drug-likeness (QED) is 0.608. The van der Waals surface area contributed by atoms with Gasteiger partial charge in [-0.25, -0.2) is 0 Å². The van der Waals surface area contributed by atoms with Crippen LogP contribution in [0.4, 0.5) is 0 Å². The normalized spacial score (nSPS) is 41.2. The van der Waals surface area contributed by atoms with Gasteiger partial charge >= 0.3 is 0 Å². The fourth-order valence-electron chi connectivity index (χ4n) is 2.45. The third kappa shape index (κ3) is 1.93. The maximum atomic E-state index is 9.33. The minimum Gasteiger partial charge on any atom is -0.393 e. The van der Waals surface area contributed by atoms with Crippen LogP contribution in [0.15, 0.2) is 0 Å². The Bertz CT molecular complexity index is 135. The van der Waals surface area contributed by atoms with E-state index in [9.17, 15) is 5.11 Å². The second kappa shape index (κ2) is 3.95. The van der Waals surface area contributed by atoms with Crippen LogP contribution in [-0.2, 0) is 0 Å². The highest BCUT2D eigenvalue weighted by Crippen LogP contribution is 2.34. The van der Waals surface area contributed by atoms with E-state index >= 15 is 0 Å². The van der Waals surface area contributed by atoms with Crippen molar-refractivity contribution in [1.82, 2.24) is 5.32 Å². The lowest BCUT2D eigenvalue weighted by Gasteiger charge is -2.35. The molecule has 3 heteroatoms. The summed E-state index contributed by atoms with van der Waals surface area (Å²) < 4.78 is 0. The number of halogens is 1. The number of hydrogen-bond acceptors (Lipinski definition) is 2. The maximum Gasteiger partial charge on any atom is 0.0541 e. The number of nitrogens with one attached hydrogen (secondary N) is 1. The molecule has 1 saturated carbocycles. The van der Waals surface area contributed by atoms with Gasteiger partial charge in [-0.05, 0) is 45.1 Å². The van der Waals surface area contributed by atoms with Crippen molar-refractivity contribution in [2.24, 2.45) is 0 Å². The van der Waals surface area contributed by atoms with Crippen LogP contribution in [0.25, 0.3) is 0 Å². The summed E-state index contributed by atoms with van der Waals surface area (Å²) in [5.41, 5.74) is 0.444. The molecule has 2 N–H and O–H groups in total. The summed E-state index contributed by atoms with van der Waals surface area (Å²) in [5, 5.41) is 12.9. The number of aliphatic hydroxyl groups is 1. The van der Waals surface area contributed by atoms with E-state index in [-0.39, 0.29) is 18.5 Å². The van der Waals surface area contributed by atoms with Crippen molar-refractivity contribution in [3.63, 3.8) is 0 Å². The van der Waals surface area contributed by atoms with Crippen molar-refractivity contribution in [2.75, 3.05) is 6.54 Å². The standard InChI is InChI=1S/C9H17NO.ClH/c11-8-2-5-9(6-3-8)4-1-7-10-9;/h8,10-11H,1-7H2;1H. The molecule has 2 nitrogen and oxygen atoms in total. The van der Waals surface area contributed by atoms with Gasteiger partial charge in [0, 0.05) is 5.54 Å². The zero-order valence-electron chi connectivity index (χ0n) is 7.38. The SMILES string of the molecule is Cl.OC1CCC2(CCCN2)CC1. The highest BCUT2D eigenvalue weighted by atomic mass is 35.5. The maximum absolute atomic E-state index is 9.33. The fourth-order valence-corrected chi connectivity index (χ4v) is 2.45. The molecule has 1 saturated heterocycles. The van der Waals surface area contributed by atoms with Gasteiger partial charge in [0.15, 0.2) is 0 Å². The van der Waals surface area contributed by atoms with E-state index in [1.807, 2.05) is 0 Å². The molecule has 2 aliphatic rings. The summed E-state index contributed by atoms with van der Waals surface area (Å²) in [6.07, 6.45) is 7.04. The average Bonchev–Trinajstić information content (AvgIpc) is 2.45. The van der Waals surface area contributed by atoms with Gasteiger partial charge in [0.05, 0.1) is 6.10 Å². The van der Waals surface area contributed by atoms with E-state index in [1.54, 1.807) is 0 Å². The third-order valence-electron chi connectivity index (χ3n) is 3.24. The van der Waals surface area contributed by atoms with E-state index in [0.29, 0.717) is 5.54 Å². The molecule has 2 fully saturated rings. The Morgan fingerprint density at radius 1 is 1.17 bits per heavy atom. The molecule has 1 aliphatic heterocycles. The van der Waals surface area contributed by atoms with Gasteiger partial charge in [0.25, 0.3) is 0 Å². The lowest BCUT2D eigenvalue weighted by Crippen LogP contribution is -2.43. The number of rotatable bonds is 0. The van der Waals surface area contributed by atoms with Crippen LogP contribution in [0.1, 0.15) is 38.5 Å². The average molecular weight is 192 g/mol. The topological polar surface area (TPSA) is 32.3 Å². The lowest BCUT2D eigenvalue weighted by atomic mass is 9.79. The Kier molecular flexibility index (Phi) is 3.38. The van der Waals surface area contributed by atoms with Crippen molar-refractivity contribution in [2.45, 2.75) is 50.2 Å². The first-order chi connectivity index (χ1) is 5.31. The van der Waals surface area contributed by atoms with Crippen LogP contribution < -0.4 is 5.32 Å². The zero-order valence-corrected chi connectivity index (χ0v) is 8.20. The largest absolute Gasteiger partial charge is 0.393 e. The van der Waals surface area contributed by atoms with Gasteiger partial charge in [-0.3, -0.25) is 0 Å². The highest BCUT2D eigenvalue weighted by Gasteiger charge is 2.36. The molecule has 72 valence electrons. The van der Waals surface area contributed by atoms with Crippen LogP contribution in [0.3, 0.4) is 0 Å². The molecule has 0 unspecified atom stereocenters. The van der Waals surface area contributed by atoms with E-state index < -0.39 is 0 Å². The minimum atomic E-state index is -0.0111. The second-order valence-electron chi connectivity index (χ2n) is 4.04. The molecule has 0 atom stereocenters. The molecule has 0 bridgehead atoms. The van der Waals surface area contributed by atoms with E-state index in [0.717, 1.165) is 12.8 Å². The number of aliphatic hydroxyl groups excluding tert-OH is 1. The molecule has 1 spiro atoms. The molecule has 0 aromatic rings. The predicted molar refractivity (Wildman–Crippen MR) is 51.7 cm³/mol. The molecule has 0 aromatic carbocycles. The van der Waals surface area contributed by atoms with E-state index in [4.69, 9.17) is 0 Å². The monoisotopic (exact) mass is 191 g/mol. The Labute approximate surface area is 80.1 Å². The summed E-state index contributed by atoms with van der Waals surface area (Å²) in [7, 11) is 0. The van der Waals surface area contributed by atoms with Gasteiger partial charge in [-0.15, -0.1) is 12.4 Å². The molecule has 0 amide bonds. The first-order valence-electron chi connectivity index (χ1n) is 4.74. The van der Waals surface area contributed by atoms with E-state index in [1.165, 1.54) is 32.2 Å². The Morgan fingerprint density at radius 3 is 2.33 bits per heavy atom. The Hall–Kier alpha value is 0.210. The number of hydrogen-bond donors (Lipinski definition) is 2. The van der Waals surface area contributed by atoms with Crippen molar-refractivity contribution in [3.05, 3.63) is 0 Å². The highest BCUT2D eigenvalue weighted by molar-refractivity contribution is 5.85. The molecular weight excluding hydrogens is 174 g/mol. The van der Waals surface area contributed by atoms with Crippen molar-refractivity contribution in [1.29, 1.82) is 0 Å². The molecule has 2 rings (SSSR count).